The number of ether oxygens (including phenoxy) is 1. The Bertz CT molecular complexity index is 180. The Morgan fingerprint density at radius 2 is 1.40 bits per heavy atom. The fraction of sp³-hybridized carbons (Fsp3) is 0.941. The molecule has 0 atom stereocenters. The van der Waals surface area contributed by atoms with Gasteiger partial charge in [0, 0.05) is 6.42 Å². The zero-order valence-corrected chi connectivity index (χ0v) is 15.3. The highest BCUT2D eigenvalue weighted by molar-refractivity contribution is 7.37. The molecule has 2 nitrogen and oxygen atoms in total. The van der Waals surface area contributed by atoms with Crippen LogP contribution in [0.25, 0.3) is 0 Å². The van der Waals surface area contributed by atoms with Crippen molar-refractivity contribution in [3.05, 3.63) is 0 Å². The molecule has 0 fully saturated rings. The molecule has 3 heteroatoms. The number of hydrogen-bond donors (Lipinski definition) is 0. The van der Waals surface area contributed by atoms with E-state index in [4.69, 9.17) is 4.74 Å². The molecule has 0 amide bonds. The third-order valence-corrected chi connectivity index (χ3v) is 4.56. The second-order valence-electron chi connectivity index (χ2n) is 5.13. The third-order valence-electron chi connectivity index (χ3n) is 2.85. The van der Waals surface area contributed by atoms with E-state index in [0.29, 0.717) is 13.0 Å². The molecule has 0 aromatic heterocycles. The van der Waals surface area contributed by atoms with Crippen molar-refractivity contribution in [2.45, 2.75) is 85.5 Å². The maximum atomic E-state index is 11.1. The van der Waals surface area contributed by atoms with Crippen LogP contribution in [0.15, 0.2) is 0 Å². The summed E-state index contributed by atoms with van der Waals surface area (Å²) in [7, 11) is 1.23. The van der Waals surface area contributed by atoms with E-state index in [-0.39, 0.29) is 5.97 Å². The molecule has 122 valence electrons. The van der Waals surface area contributed by atoms with Crippen molar-refractivity contribution in [1.82, 2.24) is 0 Å². The molecule has 0 aliphatic carbocycles. The summed E-state index contributed by atoms with van der Waals surface area (Å²) in [5.74, 6) is -0.0236. The van der Waals surface area contributed by atoms with Gasteiger partial charge in [0.05, 0.1) is 6.61 Å². The molecule has 0 unspecified atom stereocenters. The lowest BCUT2D eigenvalue weighted by atomic mass is 10.2. The second-order valence-corrected chi connectivity index (χ2v) is 6.63. The predicted molar refractivity (Wildman–Crippen MR) is 93.3 cm³/mol. The number of hydrogen-bond acceptors (Lipinski definition) is 2. The Kier molecular flexibility index (Phi) is 23.5. The first-order valence-electron chi connectivity index (χ1n) is 8.59. The van der Waals surface area contributed by atoms with Crippen LogP contribution in [0.3, 0.4) is 0 Å². The zero-order valence-electron chi connectivity index (χ0n) is 14.3. The molecular formula is C17H37O2P. The maximum Gasteiger partial charge on any atom is 0.305 e. The Hall–Kier alpha value is -0.100. The molecule has 0 radical (unpaired) electrons. The van der Waals surface area contributed by atoms with E-state index in [0.717, 1.165) is 25.7 Å². The fourth-order valence-electron chi connectivity index (χ4n) is 1.58. The van der Waals surface area contributed by atoms with Gasteiger partial charge in [-0.1, -0.05) is 66.2 Å². The van der Waals surface area contributed by atoms with Gasteiger partial charge in [-0.2, -0.15) is 0 Å². The first-order chi connectivity index (χ1) is 9.72. The highest BCUT2D eigenvalue weighted by Crippen LogP contribution is 2.10. The lowest BCUT2D eigenvalue weighted by Gasteiger charge is -2.02. The highest BCUT2D eigenvalue weighted by Gasteiger charge is 2.00. The molecule has 0 heterocycles. The zero-order chi connectivity index (χ0) is 15.5. The van der Waals surface area contributed by atoms with Gasteiger partial charge in [-0.05, 0) is 25.2 Å². The van der Waals surface area contributed by atoms with Crippen LogP contribution < -0.4 is 0 Å². The highest BCUT2D eigenvalue weighted by atomic mass is 31.1. The summed E-state index contributed by atoms with van der Waals surface area (Å²) in [6.07, 6.45) is 12.9. The average molecular weight is 304 g/mol. The third kappa shape index (κ3) is 23.0. The smallest absolute Gasteiger partial charge is 0.305 e. The first kappa shape index (κ1) is 22.2. The number of carbonyl (C=O) groups excluding carboxylic acids is 1. The Labute approximate surface area is 129 Å². The minimum absolute atomic E-state index is 0.0236. The van der Waals surface area contributed by atoms with Gasteiger partial charge < -0.3 is 4.74 Å². The largest absolute Gasteiger partial charge is 0.466 e. The van der Waals surface area contributed by atoms with Crippen molar-refractivity contribution < 1.29 is 9.53 Å². The van der Waals surface area contributed by atoms with Crippen LogP contribution in [0.2, 0.25) is 0 Å². The van der Waals surface area contributed by atoms with Crippen molar-refractivity contribution >= 4 is 14.6 Å². The van der Waals surface area contributed by atoms with Crippen LogP contribution in [0.4, 0.5) is 0 Å². The van der Waals surface area contributed by atoms with Crippen molar-refractivity contribution in [2.75, 3.05) is 18.9 Å². The Morgan fingerprint density at radius 3 is 1.90 bits per heavy atom. The minimum atomic E-state index is -0.0236. The normalized spacial score (nSPS) is 9.80. The molecule has 0 bridgehead atoms. The topological polar surface area (TPSA) is 26.3 Å². The SMILES string of the molecule is CCCCCCC(=O)OCCCC.CCCPCCC. The molecule has 0 spiro atoms. The molecule has 0 rings (SSSR count). The van der Waals surface area contributed by atoms with Crippen LogP contribution >= 0.6 is 8.58 Å². The summed E-state index contributed by atoms with van der Waals surface area (Å²) in [5, 5.41) is 0. The van der Waals surface area contributed by atoms with Crippen LogP contribution in [0, 0.1) is 0 Å². The van der Waals surface area contributed by atoms with Gasteiger partial charge >= 0.3 is 5.97 Å². The van der Waals surface area contributed by atoms with E-state index >= 15 is 0 Å². The number of esters is 1. The quantitative estimate of drug-likeness (QED) is 0.259. The number of unbranched alkanes of at least 4 members (excludes halogenated alkanes) is 4. The lowest BCUT2D eigenvalue weighted by molar-refractivity contribution is -0.143. The second kappa shape index (κ2) is 21.2. The van der Waals surface area contributed by atoms with Gasteiger partial charge in [-0.25, -0.2) is 0 Å². The van der Waals surface area contributed by atoms with Gasteiger partial charge in [0.15, 0.2) is 0 Å². The summed E-state index contributed by atoms with van der Waals surface area (Å²) >= 11 is 0. The molecular weight excluding hydrogens is 267 g/mol. The fourth-order valence-corrected chi connectivity index (χ4v) is 2.53. The number of carbonyl (C=O) groups is 1. The molecule has 0 aliphatic heterocycles. The van der Waals surface area contributed by atoms with E-state index in [1.807, 2.05) is 0 Å². The Balaban J connectivity index is 0. The van der Waals surface area contributed by atoms with E-state index in [1.54, 1.807) is 0 Å². The standard InChI is InChI=1S/C11H22O2.C6H15P/c1-3-5-7-8-9-11(12)13-10-6-4-2;1-3-5-7-6-4-2/h3-10H2,1-2H3;7H,3-6H2,1-2H3. The molecule has 0 aliphatic rings. The van der Waals surface area contributed by atoms with E-state index in [9.17, 15) is 4.79 Å². The van der Waals surface area contributed by atoms with Crippen LogP contribution in [-0.2, 0) is 9.53 Å². The molecule has 0 saturated heterocycles. The van der Waals surface area contributed by atoms with Crippen molar-refractivity contribution in [3.63, 3.8) is 0 Å². The van der Waals surface area contributed by atoms with E-state index in [1.165, 1.54) is 46.6 Å². The van der Waals surface area contributed by atoms with Crippen molar-refractivity contribution in [2.24, 2.45) is 0 Å². The predicted octanol–water partition coefficient (Wildman–Crippen LogP) is 5.79. The lowest BCUT2D eigenvalue weighted by Crippen LogP contribution is -2.05. The van der Waals surface area contributed by atoms with Crippen LogP contribution in [0.5, 0.6) is 0 Å². The minimum Gasteiger partial charge on any atom is -0.466 e. The van der Waals surface area contributed by atoms with Gasteiger partial charge in [-0.15, -0.1) is 8.58 Å². The molecule has 0 N–H and O–H groups in total. The molecule has 0 aromatic rings. The van der Waals surface area contributed by atoms with Gasteiger partial charge in [0.1, 0.15) is 0 Å². The van der Waals surface area contributed by atoms with Crippen molar-refractivity contribution in [3.8, 4) is 0 Å². The summed E-state index contributed by atoms with van der Waals surface area (Å²) in [5.41, 5.74) is 0. The monoisotopic (exact) mass is 304 g/mol. The average Bonchev–Trinajstić information content (AvgIpc) is 2.45. The summed E-state index contributed by atoms with van der Waals surface area (Å²) in [4.78, 5) is 11.1. The van der Waals surface area contributed by atoms with E-state index < -0.39 is 0 Å². The van der Waals surface area contributed by atoms with Gasteiger partial charge in [0.25, 0.3) is 0 Å². The van der Waals surface area contributed by atoms with Gasteiger partial charge in [0.2, 0.25) is 0 Å². The molecule has 0 aromatic carbocycles. The molecule has 20 heavy (non-hydrogen) atoms. The van der Waals surface area contributed by atoms with E-state index in [2.05, 4.69) is 27.7 Å². The maximum absolute atomic E-state index is 11.1. The van der Waals surface area contributed by atoms with Gasteiger partial charge in [-0.3, -0.25) is 4.79 Å². The van der Waals surface area contributed by atoms with Crippen LogP contribution in [0.1, 0.15) is 85.5 Å². The number of rotatable bonds is 12. The van der Waals surface area contributed by atoms with Crippen LogP contribution in [-0.4, -0.2) is 24.9 Å². The summed E-state index contributed by atoms with van der Waals surface area (Å²) < 4.78 is 5.02. The summed E-state index contributed by atoms with van der Waals surface area (Å²) in [6, 6.07) is 0. The molecule has 0 saturated carbocycles. The van der Waals surface area contributed by atoms with Crippen molar-refractivity contribution in [1.29, 1.82) is 0 Å². The summed E-state index contributed by atoms with van der Waals surface area (Å²) in [6.45, 7) is 9.36. The first-order valence-corrected chi connectivity index (χ1v) is 10.0. The Morgan fingerprint density at radius 1 is 0.800 bits per heavy atom.